The van der Waals surface area contributed by atoms with E-state index in [-0.39, 0.29) is 11.4 Å². The number of hydrogen-bond donors (Lipinski definition) is 2. The Kier molecular flexibility index (Phi) is 1.99. The van der Waals surface area contributed by atoms with Gasteiger partial charge in [0.25, 0.3) is 0 Å². The Bertz CT molecular complexity index is 390. The van der Waals surface area contributed by atoms with Crippen molar-refractivity contribution in [1.82, 2.24) is 0 Å². The Morgan fingerprint density at radius 3 is 3.00 bits per heavy atom. The maximum absolute atomic E-state index is 10.7. The number of nitro benzene ring substituents is 1. The van der Waals surface area contributed by atoms with Crippen LogP contribution in [0.4, 0.5) is 11.4 Å². The van der Waals surface area contributed by atoms with Gasteiger partial charge in [0.15, 0.2) is 5.75 Å². The lowest BCUT2D eigenvalue weighted by Gasteiger charge is -2.17. The molecule has 1 aromatic carbocycles. The first kappa shape index (κ1) is 8.80. The predicted molar refractivity (Wildman–Crippen MR) is 51.6 cm³/mol. The standard InChI is InChI=1S/C9H10N2O3/c12-7-4-3-6-2-1-5-10-8(6)9(7)11(13)14/h3-4,10,12H,1-2,5H2. The molecule has 0 aliphatic carbocycles. The van der Waals surface area contributed by atoms with Crippen molar-refractivity contribution in [3.63, 3.8) is 0 Å². The van der Waals surface area contributed by atoms with E-state index in [1.165, 1.54) is 6.07 Å². The fourth-order valence-corrected chi connectivity index (χ4v) is 1.70. The second-order valence-electron chi connectivity index (χ2n) is 3.25. The van der Waals surface area contributed by atoms with Crippen LogP contribution < -0.4 is 5.32 Å². The van der Waals surface area contributed by atoms with Crippen molar-refractivity contribution >= 4 is 11.4 Å². The molecule has 0 radical (unpaired) electrons. The third kappa shape index (κ3) is 1.26. The van der Waals surface area contributed by atoms with E-state index in [9.17, 15) is 15.2 Å². The van der Waals surface area contributed by atoms with Crippen LogP contribution in [0, 0.1) is 10.1 Å². The van der Waals surface area contributed by atoms with Crippen molar-refractivity contribution in [1.29, 1.82) is 0 Å². The van der Waals surface area contributed by atoms with Gasteiger partial charge in [-0.1, -0.05) is 6.07 Å². The molecule has 5 heteroatoms. The smallest absolute Gasteiger partial charge is 0.333 e. The highest BCUT2D eigenvalue weighted by atomic mass is 16.6. The van der Waals surface area contributed by atoms with Crippen molar-refractivity contribution in [2.24, 2.45) is 0 Å². The average Bonchev–Trinajstić information content (AvgIpc) is 2.17. The van der Waals surface area contributed by atoms with Gasteiger partial charge in [-0.3, -0.25) is 10.1 Å². The van der Waals surface area contributed by atoms with Gasteiger partial charge < -0.3 is 10.4 Å². The van der Waals surface area contributed by atoms with E-state index in [1.54, 1.807) is 6.07 Å². The van der Waals surface area contributed by atoms with Crippen molar-refractivity contribution in [3.05, 3.63) is 27.8 Å². The number of nitro groups is 1. The summed E-state index contributed by atoms with van der Waals surface area (Å²) in [6.07, 6.45) is 1.79. The Morgan fingerprint density at radius 1 is 1.50 bits per heavy atom. The first-order valence-electron chi connectivity index (χ1n) is 4.43. The molecular weight excluding hydrogens is 184 g/mol. The lowest BCUT2D eigenvalue weighted by molar-refractivity contribution is -0.385. The van der Waals surface area contributed by atoms with Gasteiger partial charge in [0, 0.05) is 6.54 Å². The number of nitrogens with one attached hydrogen (secondary N) is 1. The Labute approximate surface area is 80.5 Å². The van der Waals surface area contributed by atoms with Gasteiger partial charge in [-0.05, 0) is 24.5 Å². The van der Waals surface area contributed by atoms with Gasteiger partial charge >= 0.3 is 5.69 Å². The van der Waals surface area contributed by atoms with Crippen LogP contribution in [0.2, 0.25) is 0 Å². The summed E-state index contributed by atoms with van der Waals surface area (Å²) in [4.78, 5) is 10.2. The average molecular weight is 194 g/mol. The number of benzene rings is 1. The molecule has 0 unspecified atom stereocenters. The fourth-order valence-electron chi connectivity index (χ4n) is 1.70. The molecule has 1 heterocycles. The van der Waals surface area contributed by atoms with Crippen molar-refractivity contribution in [2.45, 2.75) is 12.8 Å². The quantitative estimate of drug-likeness (QED) is 0.526. The first-order chi connectivity index (χ1) is 6.70. The Morgan fingerprint density at radius 2 is 2.29 bits per heavy atom. The molecular formula is C9H10N2O3. The Balaban J connectivity index is 2.60. The molecule has 0 amide bonds. The zero-order chi connectivity index (χ0) is 10.1. The summed E-state index contributed by atoms with van der Waals surface area (Å²) in [5, 5.41) is 23.0. The third-order valence-corrected chi connectivity index (χ3v) is 2.35. The van der Waals surface area contributed by atoms with Crippen LogP contribution in [0.1, 0.15) is 12.0 Å². The molecule has 1 aliphatic rings. The number of fused-ring (bicyclic) bond motifs is 1. The van der Waals surface area contributed by atoms with Crippen LogP contribution in [0.3, 0.4) is 0 Å². The third-order valence-electron chi connectivity index (χ3n) is 2.35. The van der Waals surface area contributed by atoms with Crippen LogP contribution in [-0.2, 0) is 6.42 Å². The van der Waals surface area contributed by atoms with Crippen LogP contribution in [0.25, 0.3) is 0 Å². The number of phenolic OH excluding ortho intramolecular Hbond substituents is 1. The maximum Gasteiger partial charge on any atom is 0.333 e. The normalized spacial score (nSPS) is 14.3. The molecule has 74 valence electrons. The molecule has 1 aromatic rings. The summed E-state index contributed by atoms with van der Waals surface area (Å²) < 4.78 is 0. The summed E-state index contributed by atoms with van der Waals surface area (Å²) in [5.41, 5.74) is 1.17. The number of rotatable bonds is 1. The predicted octanol–water partition coefficient (Wildman–Crippen LogP) is 1.66. The van der Waals surface area contributed by atoms with E-state index in [4.69, 9.17) is 0 Å². The number of aromatic hydroxyl groups is 1. The highest BCUT2D eigenvalue weighted by Crippen LogP contribution is 2.38. The minimum atomic E-state index is -0.549. The number of aryl methyl sites for hydroxylation is 1. The maximum atomic E-state index is 10.7. The van der Waals surface area contributed by atoms with Gasteiger partial charge in [0.2, 0.25) is 0 Å². The van der Waals surface area contributed by atoms with Crippen LogP contribution >= 0.6 is 0 Å². The molecule has 2 rings (SSSR count). The Hall–Kier alpha value is -1.78. The van der Waals surface area contributed by atoms with Gasteiger partial charge in [-0.25, -0.2) is 0 Å². The monoisotopic (exact) mass is 194 g/mol. The second-order valence-corrected chi connectivity index (χ2v) is 3.25. The molecule has 1 aliphatic heterocycles. The highest BCUT2D eigenvalue weighted by Gasteiger charge is 2.24. The van der Waals surface area contributed by atoms with E-state index >= 15 is 0 Å². The molecule has 0 spiro atoms. The molecule has 0 saturated heterocycles. The second kappa shape index (κ2) is 3.17. The molecule has 14 heavy (non-hydrogen) atoms. The number of phenols is 1. The molecule has 0 bridgehead atoms. The van der Waals surface area contributed by atoms with Crippen molar-refractivity contribution in [2.75, 3.05) is 11.9 Å². The zero-order valence-electron chi connectivity index (χ0n) is 7.49. The lowest BCUT2D eigenvalue weighted by Crippen LogP contribution is -2.13. The molecule has 0 saturated carbocycles. The van der Waals surface area contributed by atoms with E-state index in [1.807, 2.05) is 0 Å². The SMILES string of the molecule is O=[N+]([O-])c1c(O)ccc2c1NCCC2. The van der Waals surface area contributed by atoms with E-state index in [0.29, 0.717) is 5.69 Å². The van der Waals surface area contributed by atoms with E-state index < -0.39 is 4.92 Å². The van der Waals surface area contributed by atoms with E-state index in [0.717, 1.165) is 24.9 Å². The largest absolute Gasteiger partial charge is 0.502 e. The molecule has 5 nitrogen and oxygen atoms in total. The minimum Gasteiger partial charge on any atom is -0.502 e. The first-order valence-corrected chi connectivity index (χ1v) is 4.43. The summed E-state index contributed by atoms with van der Waals surface area (Å²) in [6.45, 7) is 0.720. The van der Waals surface area contributed by atoms with Crippen molar-refractivity contribution < 1.29 is 10.0 Å². The van der Waals surface area contributed by atoms with Gasteiger partial charge in [-0.15, -0.1) is 0 Å². The topological polar surface area (TPSA) is 75.4 Å². The summed E-state index contributed by atoms with van der Waals surface area (Å²) in [5.74, 6) is -0.275. The molecule has 2 N–H and O–H groups in total. The number of anilines is 1. The number of hydrogen-bond acceptors (Lipinski definition) is 4. The van der Waals surface area contributed by atoms with Crippen LogP contribution in [-0.4, -0.2) is 16.6 Å². The lowest BCUT2D eigenvalue weighted by atomic mass is 10.0. The molecule has 0 aromatic heterocycles. The van der Waals surface area contributed by atoms with E-state index in [2.05, 4.69) is 5.32 Å². The van der Waals surface area contributed by atoms with Gasteiger partial charge in [0.1, 0.15) is 5.69 Å². The fraction of sp³-hybridized carbons (Fsp3) is 0.333. The van der Waals surface area contributed by atoms with Gasteiger partial charge in [0.05, 0.1) is 4.92 Å². The molecule has 0 fully saturated rings. The summed E-state index contributed by atoms with van der Waals surface area (Å²) >= 11 is 0. The molecule has 0 atom stereocenters. The zero-order valence-corrected chi connectivity index (χ0v) is 7.49. The van der Waals surface area contributed by atoms with Crippen molar-refractivity contribution in [3.8, 4) is 5.75 Å². The van der Waals surface area contributed by atoms with Crippen LogP contribution in [0.5, 0.6) is 5.75 Å². The van der Waals surface area contributed by atoms with Crippen LogP contribution in [0.15, 0.2) is 12.1 Å². The summed E-state index contributed by atoms with van der Waals surface area (Å²) in [6, 6.07) is 3.10. The number of nitrogens with zero attached hydrogens (tertiary/aromatic N) is 1. The summed E-state index contributed by atoms with van der Waals surface area (Å²) in [7, 11) is 0. The van der Waals surface area contributed by atoms with Gasteiger partial charge in [-0.2, -0.15) is 0 Å². The highest BCUT2D eigenvalue weighted by molar-refractivity contribution is 5.72. The minimum absolute atomic E-state index is 0.206.